The largest absolute Gasteiger partial charge is 0.379 e. The molecule has 2 aromatic rings. The van der Waals surface area contributed by atoms with Crippen molar-refractivity contribution in [2.45, 2.75) is 6.54 Å². The van der Waals surface area contributed by atoms with Gasteiger partial charge in [-0.15, -0.1) is 12.4 Å². The molecule has 19 heavy (non-hydrogen) atoms. The molecule has 0 aromatic carbocycles. The standard InChI is InChI=1S/C11H13ClN4O2.ClH/c12-9-5-10-13-8(7-16(10)11(17)14-9)6-15-1-3-18-4-2-15;/h5,7H,1-4,6H2,(H,14,17);1H. The predicted octanol–water partition coefficient (Wildman–Crippen LogP) is 0.930. The van der Waals surface area contributed by atoms with Crippen molar-refractivity contribution in [2.75, 3.05) is 26.3 Å². The number of halogens is 2. The molecule has 8 heteroatoms. The molecule has 0 radical (unpaired) electrons. The predicted molar refractivity (Wildman–Crippen MR) is 74.2 cm³/mol. The van der Waals surface area contributed by atoms with E-state index in [9.17, 15) is 4.79 Å². The van der Waals surface area contributed by atoms with E-state index in [4.69, 9.17) is 16.3 Å². The van der Waals surface area contributed by atoms with Crippen molar-refractivity contribution in [3.8, 4) is 0 Å². The van der Waals surface area contributed by atoms with Gasteiger partial charge < -0.3 is 4.74 Å². The molecular formula is C11H14Cl2N4O2. The fourth-order valence-electron chi connectivity index (χ4n) is 2.09. The minimum absolute atomic E-state index is 0. The van der Waals surface area contributed by atoms with Crippen LogP contribution in [0.25, 0.3) is 5.65 Å². The molecular weight excluding hydrogens is 291 g/mol. The summed E-state index contributed by atoms with van der Waals surface area (Å²) in [6.07, 6.45) is 1.75. The number of H-pyrrole nitrogens is 1. The van der Waals surface area contributed by atoms with E-state index in [0.717, 1.165) is 38.5 Å². The molecule has 0 bridgehead atoms. The third-order valence-corrected chi connectivity index (χ3v) is 3.18. The summed E-state index contributed by atoms with van der Waals surface area (Å²) in [5.74, 6) is 0. The lowest BCUT2D eigenvalue weighted by atomic mass is 10.3. The lowest BCUT2D eigenvalue weighted by Crippen LogP contribution is -2.35. The van der Waals surface area contributed by atoms with Crippen LogP contribution in [0.3, 0.4) is 0 Å². The number of ether oxygens (including phenoxy) is 1. The van der Waals surface area contributed by atoms with Gasteiger partial charge >= 0.3 is 5.69 Å². The molecule has 2 aromatic heterocycles. The minimum atomic E-state index is -0.266. The van der Waals surface area contributed by atoms with Gasteiger partial charge in [-0.25, -0.2) is 9.78 Å². The molecule has 3 rings (SSSR count). The molecule has 104 valence electrons. The summed E-state index contributed by atoms with van der Waals surface area (Å²) in [7, 11) is 0. The second kappa shape index (κ2) is 5.92. The Morgan fingerprint density at radius 1 is 1.42 bits per heavy atom. The van der Waals surface area contributed by atoms with Crippen LogP contribution in [0.4, 0.5) is 0 Å². The van der Waals surface area contributed by atoms with Crippen LogP contribution >= 0.6 is 24.0 Å². The highest BCUT2D eigenvalue weighted by atomic mass is 35.5. The number of aromatic nitrogens is 3. The van der Waals surface area contributed by atoms with Crippen molar-refractivity contribution in [2.24, 2.45) is 0 Å². The third kappa shape index (κ3) is 3.09. The summed E-state index contributed by atoms with van der Waals surface area (Å²) in [5.41, 5.74) is 1.18. The van der Waals surface area contributed by atoms with Gasteiger partial charge in [0.15, 0.2) is 0 Å². The molecule has 1 fully saturated rings. The number of morpholine rings is 1. The lowest BCUT2D eigenvalue weighted by molar-refractivity contribution is 0.0337. The smallest absolute Gasteiger partial charge is 0.332 e. The van der Waals surface area contributed by atoms with Gasteiger partial charge in [0, 0.05) is 31.9 Å². The maximum absolute atomic E-state index is 11.7. The number of fused-ring (bicyclic) bond motifs is 1. The van der Waals surface area contributed by atoms with E-state index in [1.807, 2.05) is 0 Å². The Morgan fingerprint density at radius 2 is 2.16 bits per heavy atom. The van der Waals surface area contributed by atoms with Crippen molar-refractivity contribution < 1.29 is 4.74 Å². The maximum atomic E-state index is 11.7. The molecule has 0 aliphatic carbocycles. The second-order valence-electron chi connectivity index (χ2n) is 4.27. The first-order valence-corrected chi connectivity index (χ1v) is 6.17. The molecule has 1 aliphatic rings. The molecule has 0 saturated carbocycles. The summed E-state index contributed by atoms with van der Waals surface area (Å²) in [4.78, 5) is 20.8. The summed E-state index contributed by atoms with van der Waals surface area (Å²) >= 11 is 5.79. The molecule has 0 unspecified atom stereocenters. The van der Waals surface area contributed by atoms with Gasteiger partial charge in [-0.05, 0) is 0 Å². The average Bonchev–Trinajstić information content (AvgIpc) is 2.73. The van der Waals surface area contributed by atoms with Crippen LogP contribution in [-0.4, -0.2) is 45.6 Å². The summed E-state index contributed by atoms with van der Waals surface area (Å²) in [5, 5.41) is 0.302. The quantitative estimate of drug-likeness (QED) is 0.839. The number of rotatable bonds is 2. The van der Waals surface area contributed by atoms with Gasteiger partial charge in [0.25, 0.3) is 0 Å². The minimum Gasteiger partial charge on any atom is -0.379 e. The van der Waals surface area contributed by atoms with Gasteiger partial charge in [0.2, 0.25) is 0 Å². The zero-order valence-corrected chi connectivity index (χ0v) is 11.7. The summed E-state index contributed by atoms with van der Waals surface area (Å²) in [6.45, 7) is 4.01. The van der Waals surface area contributed by atoms with E-state index in [0.29, 0.717) is 10.8 Å². The molecule has 6 nitrogen and oxygen atoms in total. The van der Waals surface area contributed by atoms with Crippen molar-refractivity contribution >= 4 is 29.7 Å². The van der Waals surface area contributed by atoms with E-state index in [2.05, 4.69) is 14.9 Å². The van der Waals surface area contributed by atoms with E-state index in [-0.39, 0.29) is 18.1 Å². The fourth-order valence-corrected chi connectivity index (χ4v) is 2.26. The monoisotopic (exact) mass is 304 g/mol. The Kier molecular flexibility index (Phi) is 4.46. The molecule has 1 aliphatic heterocycles. The number of hydrogen-bond donors (Lipinski definition) is 1. The first kappa shape index (κ1) is 14.3. The van der Waals surface area contributed by atoms with E-state index >= 15 is 0 Å². The van der Waals surface area contributed by atoms with Crippen molar-refractivity contribution in [1.29, 1.82) is 0 Å². The van der Waals surface area contributed by atoms with Gasteiger partial charge in [0.1, 0.15) is 10.8 Å². The molecule has 0 spiro atoms. The van der Waals surface area contributed by atoms with Gasteiger partial charge in [-0.3, -0.25) is 14.3 Å². The Bertz CT molecular complexity index is 619. The van der Waals surface area contributed by atoms with Crippen molar-refractivity contribution in [1.82, 2.24) is 19.3 Å². The summed E-state index contributed by atoms with van der Waals surface area (Å²) < 4.78 is 6.77. The Morgan fingerprint density at radius 3 is 2.89 bits per heavy atom. The highest BCUT2D eigenvalue weighted by Crippen LogP contribution is 2.10. The number of nitrogens with one attached hydrogen (secondary N) is 1. The zero-order chi connectivity index (χ0) is 12.5. The van der Waals surface area contributed by atoms with E-state index in [1.54, 1.807) is 12.3 Å². The Labute approximate surface area is 120 Å². The third-order valence-electron chi connectivity index (χ3n) is 2.97. The average molecular weight is 305 g/mol. The van der Waals surface area contributed by atoms with Crippen molar-refractivity contribution in [3.05, 3.63) is 33.6 Å². The summed E-state index contributed by atoms with van der Waals surface area (Å²) in [6, 6.07) is 1.64. The second-order valence-corrected chi connectivity index (χ2v) is 4.68. The fraction of sp³-hybridized carbons (Fsp3) is 0.455. The number of nitrogens with zero attached hydrogens (tertiary/aromatic N) is 3. The van der Waals surface area contributed by atoms with Crippen LogP contribution in [0.2, 0.25) is 5.15 Å². The Balaban J connectivity index is 0.00000133. The molecule has 0 atom stereocenters. The van der Waals surface area contributed by atoms with Gasteiger partial charge in [-0.2, -0.15) is 0 Å². The van der Waals surface area contributed by atoms with E-state index < -0.39 is 0 Å². The Hall–Kier alpha value is -1.08. The molecule has 1 N–H and O–H groups in total. The van der Waals surface area contributed by atoms with Gasteiger partial charge in [-0.1, -0.05) is 11.6 Å². The highest BCUT2D eigenvalue weighted by Gasteiger charge is 2.13. The van der Waals surface area contributed by atoms with Crippen LogP contribution < -0.4 is 5.69 Å². The molecule has 1 saturated heterocycles. The van der Waals surface area contributed by atoms with Crippen molar-refractivity contribution in [3.63, 3.8) is 0 Å². The van der Waals surface area contributed by atoms with Crippen LogP contribution in [0.5, 0.6) is 0 Å². The number of imidazole rings is 1. The topological polar surface area (TPSA) is 62.6 Å². The van der Waals surface area contributed by atoms with E-state index in [1.165, 1.54) is 4.40 Å². The highest BCUT2D eigenvalue weighted by molar-refractivity contribution is 6.29. The SMILES string of the molecule is Cl.O=c1[nH]c(Cl)cc2nc(CN3CCOCC3)cn12. The molecule has 0 amide bonds. The van der Waals surface area contributed by atoms with Gasteiger partial charge in [0.05, 0.1) is 18.9 Å². The van der Waals surface area contributed by atoms with Crippen LogP contribution in [0, 0.1) is 0 Å². The van der Waals surface area contributed by atoms with Crippen LogP contribution in [0.15, 0.2) is 17.1 Å². The number of aromatic amines is 1. The first-order chi connectivity index (χ1) is 8.72. The first-order valence-electron chi connectivity index (χ1n) is 5.79. The normalized spacial score (nSPS) is 16.5. The lowest BCUT2D eigenvalue weighted by Gasteiger charge is -2.25. The van der Waals surface area contributed by atoms with Crippen LogP contribution in [-0.2, 0) is 11.3 Å². The maximum Gasteiger partial charge on any atom is 0.332 e. The van der Waals surface area contributed by atoms with Crippen LogP contribution in [0.1, 0.15) is 5.69 Å². The number of hydrogen-bond acceptors (Lipinski definition) is 4. The zero-order valence-electron chi connectivity index (χ0n) is 10.1. The molecule has 3 heterocycles.